The Morgan fingerprint density at radius 2 is 1.69 bits per heavy atom. The van der Waals surface area contributed by atoms with Crippen molar-refractivity contribution < 1.29 is 14.3 Å². The highest BCUT2D eigenvalue weighted by atomic mass is 16.6. The fourth-order valence-corrected chi connectivity index (χ4v) is 3.34. The van der Waals surface area contributed by atoms with Gasteiger partial charge in [0.25, 0.3) is 0 Å². The molecule has 0 aromatic heterocycles. The topological polar surface area (TPSA) is 47.6 Å². The summed E-state index contributed by atoms with van der Waals surface area (Å²) in [6.07, 6.45) is 1.13. The quantitative estimate of drug-likeness (QED) is 0.877. The zero-order chi connectivity index (χ0) is 18.7. The van der Waals surface area contributed by atoms with Gasteiger partial charge in [-0.1, -0.05) is 18.2 Å². The molecule has 1 N–H and O–H groups in total. The minimum Gasteiger partial charge on any atom is -0.486 e. The van der Waals surface area contributed by atoms with Crippen molar-refractivity contribution in [3.05, 3.63) is 58.1 Å². The van der Waals surface area contributed by atoms with E-state index in [0.717, 1.165) is 17.1 Å². The van der Waals surface area contributed by atoms with Gasteiger partial charge in [-0.2, -0.15) is 0 Å². The van der Waals surface area contributed by atoms with Crippen LogP contribution in [0, 0.1) is 20.8 Å². The number of nitrogens with one attached hydrogen (secondary N) is 1. The molecule has 4 nitrogen and oxygen atoms in total. The van der Waals surface area contributed by atoms with Crippen LogP contribution >= 0.6 is 0 Å². The van der Waals surface area contributed by atoms with Gasteiger partial charge in [-0.15, -0.1) is 0 Å². The molecule has 1 atom stereocenters. The van der Waals surface area contributed by atoms with E-state index < -0.39 is 0 Å². The molecule has 3 rings (SSSR count). The molecule has 2 aromatic carbocycles. The number of hydrogen-bond acceptors (Lipinski definition) is 3. The van der Waals surface area contributed by atoms with E-state index in [-0.39, 0.29) is 11.9 Å². The zero-order valence-corrected chi connectivity index (χ0v) is 16.0. The summed E-state index contributed by atoms with van der Waals surface area (Å²) in [4.78, 5) is 12.4. The number of carbonyl (C=O) groups is 1. The molecule has 1 unspecified atom stereocenters. The molecule has 1 heterocycles. The summed E-state index contributed by atoms with van der Waals surface area (Å²) >= 11 is 0. The second-order valence-corrected chi connectivity index (χ2v) is 7.06. The van der Waals surface area contributed by atoms with Gasteiger partial charge in [0.2, 0.25) is 5.91 Å². The maximum atomic E-state index is 12.4. The van der Waals surface area contributed by atoms with Gasteiger partial charge in [0.05, 0.1) is 6.04 Å². The van der Waals surface area contributed by atoms with Crippen LogP contribution in [0.3, 0.4) is 0 Å². The van der Waals surface area contributed by atoms with E-state index in [1.807, 2.05) is 25.1 Å². The average molecular weight is 353 g/mol. The number of fused-ring (bicyclic) bond motifs is 1. The van der Waals surface area contributed by atoms with Gasteiger partial charge in [-0.3, -0.25) is 4.79 Å². The number of hydrogen-bond donors (Lipinski definition) is 1. The third kappa shape index (κ3) is 4.18. The number of aryl methyl sites for hydroxylation is 4. The van der Waals surface area contributed by atoms with Crippen LogP contribution in [-0.2, 0) is 11.2 Å². The Morgan fingerprint density at radius 3 is 2.46 bits per heavy atom. The molecule has 0 saturated heterocycles. The number of carbonyl (C=O) groups excluding carboxylic acids is 1. The first-order chi connectivity index (χ1) is 12.4. The van der Waals surface area contributed by atoms with Crippen molar-refractivity contribution in [3.8, 4) is 11.5 Å². The summed E-state index contributed by atoms with van der Waals surface area (Å²) in [7, 11) is 0. The summed E-state index contributed by atoms with van der Waals surface area (Å²) < 4.78 is 11.1. The number of benzene rings is 2. The SMILES string of the molecule is Cc1cc(C)c(C(C)NC(=O)CCc2ccc3c(c2)OCCO3)cc1C. The summed E-state index contributed by atoms with van der Waals surface area (Å²) in [5, 5.41) is 3.12. The summed E-state index contributed by atoms with van der Waals surface area (Å²) in [6.45, 7) is 9.52. The molecule has 0 saturated carbocycles. The Balaban J connectivity index is 1.58. The third-order valence-corrected chi connectivity index (χ3v) is 4.97. The molecule has 1 amide bonds. The predicted octanol–water partition coefficient (Wildman–Crippen LogP) is 4.19. The molecule has 2 aromatic rings. The Hall–Kier alpha value is -2.49. The van der Waals surface area contributed by atoms with Crippen molar-refractivity contribution in [1.82, 2.24) is 5.32 Å². The summed E-state index contributed by atoms with van der Waals surface area (Å²) in [5.41, 5.74) is 6.01. The lowest BCUT2D eigenvalue weighted by Gasteiger charge is -2.19. The van der Waals surface area contributed by atoms with Gasteiger partial charge in [0.15, 0.2) is 11.5 Å². The van der Waals surface area contributed by atoms with Crippen LogP contribution < -0.4 is 14.8 Å². The van der Waals surface area contributed by atoms with Crippen molar-refractivity contribution in [3.63, 3.8) is 0 Å². The summed E-state index contributed by atoms with van der Waals surface area (Å²) in [6, 6.07) is 10.3. The van der Waals surface area contributed by atoms with Gasteiger partial charge in [0.1, 0.15) is 13.2 Å². The lowest BCUT2D eigenvalue weighted by molar-refractivity contribution is -0.121. The highest BCUT2D eigenvalue weighted by Gasteiger charge is 2.15. The maximum Gasteiger partial charge on any atom is 0.220 e. The predicted molar refractivity (Wildman–Crippen MR) is 103 cm³/mol. The molecule has 0 aliphatic carbocycles. The first kappa shape index (κ1) is 18.3. The van der Waals surface area contributed by atoms with E-state index in [2.05, 4.69) is 38.2 Å². The molecule has 1 aliphatic rings. The fourth-order valence-electron chi connectivity index (χ4n) is 3.34. The van der Waals surface area contributed by atoms with E-state index >= 15 is 0 Å². The van der Waals surface area contributed by atoms with Gasteiger partial charge in [0, 0.05) is 6.42 Å². The molecule has 0 spiro atoms. The normalized spacial score (nSPS) is 14.0. The van der Waals surface area contributed by atoms with E-state index in [1.54, 1.807) is 0 Å². The largest absolute Gasteiger partial charge is 0.486 e. The highest BCUT2D eigenvalue weighted by Crippen LogP contribution is 2.31. The average Bonchev–Trinajstić information content (AvgIpc) is 2.62. The second kappa shape index (κ2) is 7.81. The molecule has 0 fully saturated rings. The maximum absolute atomic E-state index is 12.4. The van der Waals surface area contributed by atoms with Crippen LogP contribution in [0.5, 0.6) is 11.5 Å². The summed E-state index contributed by atoms with van der Waals surface area (Å²) in [5.74, 6) is 1.61. The van der Waals surface area contributed by atoms with Crippen LogP contribution in [0.1, 0.15) is 47.2 Å². The van der Waals surface area contributed by atoms with Crippen molar-refractivity contribution in [2.75, 3.05) is 13.2 Å². The van der Waals surface area contributed by atoms with Gasteiger partial charge in [-0.05, 0) is 74.1 Å². The van der Waals surface area contributed by atoms with E-state index in [4.69, 9.17) is 9.47 Å². The molecule has 1 aliphatic heterocycles. The Kier molecular flexibility index (Phi) is 5.50. The van der Waals surface area contributed by atoms with Crippen LogP contribution in [-0.4, -0.2) is 19.1 Å². The van der Waals surface area contributed by atoms with Crippen LogP contribution in [0.25, 0.3) is 0 Å². The Labute approximate surface area is 155 Å². The second-order valence-electron chi connectivity index (χ2n) is 7.06. The first-order valence-corrected chi connectivity index (χ1v) is 9.19. The zero-order valence-electron chi connectivity index (χ0n) is 16.0. The minimum atomic E-state index is 0.00191. The Bertz CT molecular complexity index is 813. The van der Waals surface area contributed by atoms with Gasteiger partial charge < -0.3 is 14.8 Å². The van der Waals surface area contributed by atoms with Crippen molar-refractivity contribution in [2.45, 2.75) is 46.6 Å². The minimum absolute atomic E-state index is 0.00191. The smallest absolute Gasteiger partial charge is 0.220 e. The number of ether oxygens (including phenoxy) is 2. The lowest BCUT2D eigenvalue weighted by atomic mass is 9.96. The molecular formula is C22H27NO3. The van der Waals surface area contributed by atoms with E-state index in [1.165, 1.54) is 22.3 Å². The monoisotopic (exact) mass is 353 g/mol. The van der Waals surface area contributed by atoms with E-state index in [9.17, 15) is 4.79 Å². The van der Waals surface area contributed by atoms with Crippen LogP contribution in [0.4, 0.5) is 0 Å². The molecule has 138 valence electrons. The third-order valence-electron chi connectivity index (χ3n) is 4.97. The highest BCUT2D eigenvalue weighted by molar-refractivity contribution is 5.76. The van der Waals surface area contributed by atoms with E-state index in [0.29, 0.717) is 26.1 Å². The van der Waals surface area contributed by atoms with Gasteiger partial charge >= 0.3 is 0 Å². The van der Waals surface area contributed by atoms with Gasteiger partial charge in [-0.25, -0.2) is 0 Å². The number of amides is 1. The molecular weight excluding hydrogens is 326 g/mol. The van der Waals surface area contributed by atoms with Crippen LogP contribution in [0.15, 0.2) is 30.3 Å². The van der Waals surface area contributed by atoms with Crippen molar-refractivity contribution in [2.24, 2.45) is 0 Å². The first-order valence-electron chi connectivity index (χ1n) is 9.19. The Morgan fingerprint density at radius 1 is 1.00 bits per heavy atom. The lowest BCUT2D eigenvalue weighted by Crippen LogP contribution is -2.27. The number of rotatable bonds is 5. The standard InChI is InChI=1S/C22H27NO3/c1-14-11-16(3)19(12-15(14)2)17(4)23-22(24)8-6-18-5-7-20-21(13-18)26-10-9-25-20/h5,7,11-13,17H,6,8-10H2,1-4H3,(H,23,24). The fraction of sp³-hybridized carbons (Fsp3) is 0.409. The molecule has 26 heavy (non-hydrogen) atoms. The van der Waals surface area contributed by atoms with Crippen molar-refractivity contribution in [1.29, 1.82) is 0 Å². The van der Waals surface area contributed by atoms with Crippen molar-refractivity contribution >= 4 is 5.91 Å². The molecule has 0 bridgehead atoms. The molecule has 0 radical (unpaired) electrons. The molecule has 4 heteroatoms. The van der Waals surface area contributed by atoms with Crippen LogP contribution in [0.2, 0.25) is 0 Å².